The summed E-state index contributed by atoms with van der Waals surface area (Å²) in [7, 11) is 0. The highest BCUT2D eigenvalue weighted by molar-refractivity contribution is 6.24. The molecule has 1 aliphatic rings. The molecule has 3 aromatic carbocycles. The van der Waals surface area contributed by atoms with E-state index < -0.39 is 17.9 Å². The Bertz CT molecular complexity index is 1000. The SMILES string of the molecule is [N-]=[N+]=NC1C(=O)N(c2ccccc2)c2ccccc2N(c2ccccc2)C1=O. The summed E-state index contributed by atoms with van der Waals surface area (Å²) in [5.41, 5.74) is 11.2. The molecule has 2 amide bonds. The molecule has 0 aliphatic carbocycles. The molecule has 7 nitrogen and oxygen atoms in total. The minimum absolute atomic E-state index is 0.534. The zero-order valence-electron chi connectivity index (χ0n) is 14.7. The van der Waals surface area contributed by atoms with Gasteiger partial charge in [0, 0.05) is 16.3 Å². The molecule has 7 heteroatoms. The fourth-order valence-corrected chi connectivity index (χ4v) is 3.27. The van der Waals surface area contributed by atoms with Crippen molar-refractivity contribution in [2.75, 3.05) is 9.80 Å². The molecule has 28 heavy (non-hydrogen) atoms. The molecule has 1 aliphatic heterocycles. The van der Waals surface area contributed by atoms with E-state index in [0.717, 1.165) is 0 Å². The van der Waals surface area contributed by atoms with Gasteiger partial charge in [0.05, 0.1) is 11.4 Å². The largest absolute Gasteiger partial charge is 0.278 e. The normalized spacial score (nSPS) is 14.3. The van der Waals surface area contributed by atoms with Crippen molar-refractivity contribution < 1.29 is 9.59 Å². The first kappa shape index (κ1) is 17.3. The number of amides is 2. The maximum absolute atomic E-state index is 13.3. The van der Waals surface area contributed by atoms with E-state index in [1.165, 1.54) is 9.80 Å². The zero-order chi connectivity index (χ0) is 19.5. The van der Waals surface area contributed by atoms with Crippen molar-refractivity contribution in [1.29, 1.82) is 0 Å². The molecule has 0 bridgehead atoms. The van der Waals surface area contributed by atoms with Crippen LogP contribution in [0.3, 0.4) is 0 Å². The smallest absolute Gasteiger partial charge is 0.250 e. The fraction of sp³-hybridized carbons (Fsp3) is 0.0476. The summed E-state index contributed by atoms with van der Waals surface area (Å²) in [4.78, 5) is 32.2. The lowest BCUT2D eigenvalue weighted by Crippen LogP contribution is -2.42. The number of anilines is 4. The van der Waals surface area contributed by atoms with E-state index in [1.54, 1.807) is 72.8 Å². The van der Waals surface area contributed by atoms with Gasteiger partial charge in [-0.15, -0.1) is 0 Å². The number of carbonyl (C=O) groups is 2. The number of azide groups is 1. The van der Waals surface area contributed by atoms with Gasteiger partial charge in [0.25, 0.3) is 0 Å². The van der Waals surface area contributed by atoms with Crippen molar-refractivity contribution in [2.45, 2.75) is 6.04 Å². The second-order valence-corrected chi connectivity index (χ2v) is 6.11. The summed E-state index contributed by atoms with van der Waals surface area (Å²) < 4.78 is 0. The minimum Gasteiger partial charge on any atom is -0.278 e. The Balaban J connectivity index is 2.00. The Labute approximate surface area is 161 Å². The maximum Gasteiger partial charge on any atom is 0.250 e. The molecule has 1 heterocycles. The number of hydrogen-bond acceptors (Lipinski definition) is 3. The van der Waals surface area contributed by atoms with Gasteiger partial charge in [0.2, 0.25) is 11.8 Å². The van der Waals surface area contributed by atoms with E-state index in [9.17, 15) is 9.59 Å². The zero-order valence-corrected chi connectivity index (χ0v) is 14.7. The molecule has 0 atom stereocenters. The quantitative estimate of drug-likeness (QED) is 0.290. The first-order valence-corrected chi connectivity index (χ1v) is 8.63. The number of rotatable bonds is 3. The summed E-state index contributed by atoms with van der Waals surface area (Å²) in [6.45, 7) is 0. The molecule has 0 aromatic heterocycles. The van der Waals surface area contributed by atoms with Crippen LogP contribution in [0.4, 0.5) is 22.7 Å². The van der Waals surface area contributed by atoms with Gasteiger partial charge in [-0.2, -0.15) is 0 Å². The van der Waals surface area contributed by atoms with Gasteiger partial charge in [-0.1, -0.05) is 53.6 Å². The van der Waals surface area contributed by atoms with Gasteiger partial charge in [-0.05, 0) is 41.9 Å². The van der Waals surface area contributed by atoms with Gasteiger partial charge in [-0.3, -0.25) is 19.4 Å². The monoisotopic (exact) mass is 369 g/mol. The fourth-order valence-electron chi connectivity index (χ4n) is 3.27. The summed E-state index contributed by atoms with van der Waals surface area (Å²) in [5, 5.41) is 3.54. The molecule has 136 valence electrons. The highest BCUT2D eigenvalue weighted by Crippen LogP contribution is 2.41. The highest BCUT2D eigenvalue weighted by Gasteiger charge is 2.41. The number of carbonyl (C=O) groups excluding carboxylic acids is 2. The Morgan fingerprint density at radius 2 is 1.07 bits per heavy atom. The van der Waals surface area contributed by atoms with Crippen molar-refractivity contribution in [1.82, 2.24) is 0 Å². The predicted octanol–water partition coefficient (Wildman–Crippen LogP) is 4.71. The summed E-state index contributed by atoms with van der Waals surface area (Å²) in [6.07, 6.45) is 0. The second kappa shape index (κ2) is 7.26. The van der Waals surface area contributed by atoms with Crippen LogP contribution < -0.4 is 9.80 Å². The molecule has 0 fully saturated rings. The lowest BCUT2D eigenvalue weighted by molar-refractivity contribution is -0.127. The van der Waals surface area contributed by atoms with E-state index in [2.05, 4.69) is 10.0 Å². The highest BCUT2D eigenvalue weighted by atomic mass is 16.2. The standard InChI is InChI=1S/C21H15N5O2/c22-24-23-19-20(27)25(15-9-3-1-4-10-15)17-13-7-8-14-18(17)26(21(19)28)16-11-5-2-6-12-16/h1-14,19H. The van der Waals surface area contributed by atoms with Crippen LogP contribution in [0.15, 0.2) is 90.0 Å². The molecule has 0 radical (unpaired) electrons. The average Bonchev–Trinajstić information content (AvgIpc) is 2.83. The number of hydrogen-bond donors (Lipinski definition) is 0. The average molecular weight is 369 g/mol. The van der Waals surface area contributed by atoms with Gasteiger partial charge in [-0.25, -0.2) is 0 Å². The van der Waals surface area contributed by atoms with Crippen LogP contribution in [-0.2, 0) is 9.59 Å². The third-order valence-corrected chi connectivity index (χ3v) is 4.47. The molecule has 0 unspecified atom stereocenters. The van der Waals surface area contributed by atoms with Gasteiger partial charge in [0.1, 0.15) is 0 Å². The molecule has 0 spiro atoms. The summed E-state index contributed by atoms with van der Waals surface area (Å²) in [5.74, 6) is -1.19. The van der Waals surface area contributed by atoms with Crippen LogP contribution in [0.5, 0.6) is 0 Å². The maximum atomic E-state index is 13.3. The van der Waals surface area contributed by atoms with Crippen molar-refractivity contribution in [3.8, 4) is 0 Å². The summed E-state index contributed by atoms with van der Waals surface area (Å²) in [6, 6.07) is 23.6. The third-order valence-electron chi connectivity index (χ3n) is 4.47. The van der Waals surface area contributed by atoms with Gasteiger partial charge in [0.15, 0.2) is 6.04 Å². The van der Waals surface area contributed by atoms with Crippen LogP contribution in [-0.4, -0.2) is 17.9 Å². The Morgan fingerprint density at radius 1 is 0.679 bits per heavy atom. The minimum atomic E-state index is -1.52. The molecule has 3 aromatic rings. The van der Waals surface area contributed by atoms with Crippen LogP contribution in [0, 0.1) is 0 Å². The lowest BCUT2D eigenvalue weighted by Gasteiger charge is -2.25. The van der Waals surface area contributed by atoms with E-state index in [-0.39, 0.29) is 0 Å². The second-order valence-electron chi connectivity index (χ2n) is 6.11. The summed E-state index contributed by atoms with van der Waals surface area (Å²) >= 11 is 0. The predicted molar refractivity (Wildman–Crippen MR) is 107 cm³/mol. The molecule has 0 N–H and O–H groups in total. The first-order valence-electron chi connectivity index (χ1n) is 8.63. The van der Waals surface area contributed by atoms with Gasteiger partial charge < -0.3 is 0 Å². The molecule has 0 saturated carbocycles. The van der Waals surface area contributed by atoms with Crippen LogP contribution in [0.25, 0.3) is 10.4 Å². The van der Waals surface area contributed by atoms with E-state index >= 15 is 0 Å². The molecular weight excluding hydrogens is 354 g/mol. The molecule has 4 rings (SSSR count). The van der Waals surface area contributed by atoms with Crippen molar-refractivity contribution in [3.63, 3.8) is 0 Å². The first-order chi connectivity index (χ1) is 13.7. The van der Waals surface area contributed by atoms with Crippen molar-refractivity contribution >= 4 is 34.6 Å². The Kier molecular flexibility index (Phi) is 4.50. The molecule has 0 saturated heterocycles. The van der Waals surface area contributed by atoms with Gasteiger partial charge >= 0.3 is 0 Å². The lowest BCUT2D eigenvalue weighted by atomic mass is 10.2. The Morgan fingerprint density at radius 3 is 1.46 bits per heavy atom. The third kappa shape index (κ3) is 2.86. The van der Waals surface area contributed by atoms with Crippen LogP contribution in [0.2, 0.25) is 0 Å². The van der Waals surface area contributed by atoms with E-state index in [1.807, 2.05) is 12.1 Å². The van der Waals surface area contributed by atoms with Crippen molar-refractivity contribution in [2.24, 2.45) is 5.11 Å². The topological polar surface area (TPSA) is 89.4 Å². The number of benzene rings is 3. The van der Waals surface area contributed by atoms with Crippen LogP contribution in [0.1, 0.15) is 0 Å². The Hall–Kier alpha value is -4.09. The number of para-hydroxylation sites is 4. The number of nitrogens with zero attached hydrogens (tertiary/aromatic N) is 5. The van der Waals surface area contributed by atoms with Crippen molar-refractivity contribution in [3.05, 3.63) is 95.4 Å². The van der Waals surface area contributed by atoms with Crippen LogP contribution >= 0.6 is 0 Å². The van der Waals surface area contributed by atoms with E-state index in [0.29, 0.717) is 22.7 Å². The number of fused-ring (bicyclic) bond motifs is 1. The van der Waals surface area contributed by atoms with E-state index in [4.69, 9.17) is 5.53 Å². The molecular formula is C21H15N5O2.